The fourth-order valence-corrected chi connectivity index (χ4v) is 1.44. The summed E-state index contributed by atoms with van der Waals surface area (Å²) in [5.74, 6) is -2.11. The summed E-state index contributed by atoms with van der Waals surface area (Å²) >= 11 is 0. The number of carbonyl (C=O) groups excluding carboxylic acids is 2. The molecule has 0 saturated heterocycles. The van der Waals surface area contributed by atoms with E-state index in [0.29, 0.717) is 6.42 Å². The highest BCUT2D eigenvalue weighted by Gasteiger charge is 2.23. The fourth-order valence-electron chi connectivity index (χ4n) is 1.44. The number of nitrogens with one attached hydrogen (secondary N) is 1. The number of hydrogen-bond donors (Lipinski definition) is 4. The van der Waals surface area contributed by atoms with Crippen LogP contribution < -0.4 is 16.8 Å². The molecule has 0 aromatic heterocycles. The Bertz CT molecular complexity index is 317. The molecule has 0 radical (unpaired) electrons. The Morgan fingerprint density at radius 3 is 2.22 bits per heavy atom. The maximum atomic E-state index is 11.6. The first kappa shape index (κ1) is 16.4. The Kier molecular flexibility index (Phi) is 6.96. The minimum absolute atomic E-state index is 0.0369. The van der Waals surface area contributed by atoms with E-state index in [9.17, 15) is 14.4 Å². The molecule has 2 amide bonds. The van der Waals surface area contributed by atoms with Crippen molar-refractivity contribution in [2.75, 3.05) is 0 Å². The van der Waals surface area contributed by atoms with E-state index in [4.69, 9.17) is 16.6 Å². The van der Waals surface area contributed by atoms with Crippen molar-refractivity contribution in [2.24, 2.45) is 17.4 Å². The number of carboxylic acid groups (broad SMARTS) is 1. The van der Waals surface area contributed by atoms with Crippen molar-refractivity contribution in [3.8, 4) is 0 Å². The summed E-state index contributed by atoms with van der Waals surface area (Å²) in [6, 6.07) is -1.89. The average molecular weight is 259 g/mol. The summed E-state index contributed by atoms with van der Waals surface area (Å²) in [6.45, 7) is 3.82. The molecule has 0 heterocycles. The van der Waals surface area contributed by atoms with Crippen molar-refractivity contribution in [2.45, 2.75) is 45.2 Å². The lowest BCUT2D eigenvalue weighted by Crippen LogP contribution is -2.49. The number of hydrogen-bond acceptors (Lipinski definition) is 4. The number of rotatable bonds is 8. The van der Waals surface area contributed by atoms with Gasteiger partial charge in [-0.25, -0.2) is 4.79 Å². The summed E-state index contributed by atoms with van der Waals surface area (Å²) in [5, 5.41) is 11.2. The van der Waals surface area contributed by atoms with Crippen molar-refractivity contribution >= 4 is 17.8 Å². The normalized spacial score (nSPS) is 14.0. The minimum atomic E-state index is -1.21. The van der Waals surface area contributed by atoms with Gasteiger partial charge in [0.15, 0.2) is 0 Å². The lowest BCUT2D eigenvalue weighted by Gasteiger charge is -2.18. The zero-order chi connectivity index (χ0) is 14.3. The molecule has 0 aromatic rings. The first-order chi connectivity index (χ1) is 8.23. The molecule has 0 aliphatic carbocycles. The first-order valence-electron chi connectivity index (χ1n) is 5.81. The summed E-state index contributed by atoms with van der Waals surface area (Å²) < 4.78 is 0. The molecular formula is C11H21N3O4. The van der Waals surface area contributed by atoms with Crippen LogP contribution in [0.2, 0.25) is 0 Å². The van der Waals surface area contributed by atoms with Crippen molar-refractivity contribution in [1.29, 1.82) is 0 Å². The number of primary amides is 1. The number of nitrogens with two attached hydrogens (primary N) is 2. The van der Waals surface area contributed by atoms with Gasteiger partial charge < -0.3 is 21.9 Å². The standard InChI is InChI=1S/C11H21N3O4/c1-6(2)5-7(12)10(16)14-8(11(17)18)3-4-9(13)15/h6-8H,3-5,12H2,1-2H3,(H2,13,15)(H,14,16)(H,17,18)/t7-,8?/m0/s1. The monoisotopic (exact) mass is 259 g/mol. The van der Waals surface area contributed by atoms with Crippen LogP contribution in [-0.4, -0.2) is 35.0 Å². The van der Waals surface area contributed by atoms with E-state index in [2.05, 4.69) is 5.32 Å². The smallest absolute Gasteiger partial charge is 0.326 e. The summed E-state index contributed by atoms with van der Waals surface area (Å²) in [7, 11) is 0. The summed E-state index contributed by atoms with van der Waals surface area (Å²) in [4.78, 5) is 33.1. The van der Waals surface area contributed by atoms with Crippen molar-refractivity contribution in [3.05, 3.63) is 0 Å². The second kappa shape index (κ2) is 7.65. The minimum Gasteiger partial charge on any atom is -0.480 e. The van der Waals surface area contributed by atoms with E-state index in [1.165, 1.54) is 0 Å². The molecule has 0 spiro atoms. The molecule has 7 heteroatoms. The molecule has 0 rings (SSSR count). The van der Waals surface area contributed by atoms with Gasteiger partial charge in [-0.3, -0.25) is 9.59 Å². The number of amides is 2. The van der Waals surface area contributed by atoms with Crippen LogP contribution in [0.5, 0.6) is 0 Å². The predicted octanol–water partition coefficient (Wildman–Crippen LogP) is -0.805. The molecule has 1 unspecified atom stereocenters. The molecule has 0 aliphatic rings. The van der Waals surface area contributed by atoms with Gasteiger partial charge in [-0.2, -0.15) is 0 Å². The van der Waals surface area contributed by atoms with E-state index in [1.54, 1.807) is 0 Å². The van der Waals surface area contributed by atoms with Crippen LogP contribution in [-0.2, 0) is 14.4 Å². The van der Waals surface area contributed by atoms with Gasteiger partial charge >= 0.3 is 5.97 Å². The molecule has 0 fully saturated rings. The van der Waals surface area contributed by atoms with Crippen LogP contribution >= 0.6 is 0 Å². The van der Waals surface area contributed by atoms with Gasteiger partial charge in [0.05, 0.1) is 6.04 Å². The number of aliphatic carboxylic acids is 1. The Morgan fingerprint density at radius 2 is 1.83 bits per heavy atom. The fraction of sp³-hybridized carbons (Fsp3) is 0.727. The van der Waals surface area contributed by atoms with E-state index in [-0.39, 0.29) is 18.8 Å². The highest BCUT2D eigenvalue weighted by atomic mass is 16.4. The highest BCUT2D eigenvalue weighted by Crippen LogP contribution is 2.04. The first-order valence-corrected chi connectivity index (χ1v) is 5.81. The third-order valence-corrected chi connectivity index (χ3v) is 2.36. The molecule has 0 aliphatic heterocycles. The third-order valence-electron chi connectivity index (χ3n) is 2.36. The van der Waals surface area contributed by atoms with Gasteiger partial charge in [0.1, 0.15) is 6.04 Å². The van der Waals surface area contributed by atoms with Gasteiger partial charge in [-0.05, 0) is 18.8 Å². The van der Waals surface area contributed by atoms with Crippen LogP contribution in [0.4, 0.5) is 0 Å². The molecule has 18 heavy (non-hydrogen) atoms. The van der Waals surface area contributed by atoms with E-state index < -0.39 is 29.9 Å². The van der Waals surface area contributed by atoms with E-state index in [1.807, 2.05) is 13.8 Å². The molecule has 7 nitrogen and oxygen atoms in total. The molecule has 6 N–H and O–H groups in total. The molecule has 0 aromatic carbocycles. The maximum absolute atomic E-state index is 11.6. The number of carboxylic acids is 1. The zero-order valence-electron chi connectivity index (χ0n) is 10.7. The lowest BCUT2D eigenvalue weighted by atomic mass is 10.0. The van der Waals surface area contributed by atoms with Gasteiger partial charge in [0.2, 0.25) is 11.8 Å². The van der Waals surface area contributed by atoms with E-state index in [0.717, 1.165) is 0 Å². The van der Waals surface area contributed by atoms with Crippen LogP contribution in [0.3, 0.4) is 0 Å². The Hall–Kier alpha value is -1.63. The SMILES string of the molecule is CC(C)C[C@H](N)C(=O)NC(CCC(N)=O)C(=O)O. The van der Waals surface area contributed by atoms with Crippen LogP contribution in [0.15, 0.2) is 0 Å². The predicted molar refractivity (Wildman–Crippen MR) is 65.4 cm³/mol. The Labute approximate surface area is 106 Å². The lowest BCUT2D eigenvalue weighted by molar-refractivity contribution is -0.142. The van der Waals surface area contributed by atoms with Crippen molar-refractivity contribution < 1.29 is 19.5 Å². The molecule has 104 valence electrons. The van der Waals surface area contributed by atoms with Gasteiger partial charge in [0.25, 0.3) is 0 Å². The summed E-state index contributed by atoms with van der Waals surface area (Å²) in [5.41, 5.74) is 10.6. The zero-order valence-corrected chi connectivity index (χ0v) is 10.7. The average Bonchev–Trinajstić information content (AvgIpc) is 2.21. The van der Waals surface area contributed by atoms with Crippen molar-refractivity contribution in [1.82, 2.24) is 5.32 Å². The van der Waals surface area contributed by atoms with Crippen LogP contribution in [0.1, 0.15) is 33.1 Å². The second-order valence-corrected chi connectivity index (χ2v) is 4.64. The molecular weight excluding hydrogens is 238 g/mol. The third kappa shape index (κ3) is 6.85. The largest absolute Gasteiger partial charge is 0.480 e. The number of carbonyl (C=O) groups is 3. The highest BCUT2D eigenvalue weighted by molar-refractivity contribution is 5.87. The molecule has 0 bridgehead atoms. The summed E-state index contributed by atoms with van der Waals surface area (Å²) in [6.07, 6.45) is 0.329. The Morgan fingerprint density at radius 1 is 1.28 bits per heavy atom. The van der Waals surface area contributed by atoms with Gasteiger partial charge in [-0.1, -0.05) is 13.8 Å². The van der Waals surface area contributed by atoms with Crippen LogP contribution in [0, 0.1) is 5.92 Å². The quantitative estimate of drug-likeness (QED) is 0.452. The topological polar surface area (TPSA) is 136 Å². The van der Waals surface area contributed by atoms with Gasteiger partial charge in [0, 0.05) is 6.42 Å². The van der Waals surface area contributed by atoms with Crippen molar-refractivity contribution in [3.63, 3.8) is 0 Å². The van der Waals surface area contributed by atoms with E-state index >= 15 is 0 Å². The van der Waals surface area contributed by atoms with Gasteiger partial charge in [-0.15, -0.1) is 0 Å². The molecule has 2 atom stereocenters. The second-order valence-electron chi connectivity index (χ2n) is 4.64. The maximum Gasteiger partial charge on any atom is 0.326 e. The molecule has 0 saturated carbocycles. The van der Waals surface area contributed by atoms with Crippen LogP contribution in [0.25, 0.3) is 0 Å². The Balaban J connectivity index is 4.35.